The van der Waals surface area contributed by atoms with Gasteiger partial charge >= 0.3 is 0 Å². The first-order chi connectivity index (χ1) is 14.1. The summed E-state index contributed by atoms with van der Waals surface area (Å²) in [6.07, 6.45) is 2.09. The predicted octanol–water partition coefficient (Wildman–Crippen LogP) is 4.98. The zero-order chi connectivity index (χ0) is 20.6. The number of hydrogen-bond donors (Lipinski definition) is 1. The predicted molar refractivity (Wildman–Crippen MR) is 114 cm³/mol. The molecule has 0 aliphatic rings. The van der Waals surface area contributed by atoms with Gasteiger partial charge in [-0.3, -0.25) is 0 Å². The molecule has 0 fully saturated rings. The summed E-state index contributed by atoms with van der Waals surface area (Å²) in [7, 11) is 1.59. The van der Waals surface area contributed by atoms with Gasteiger partial charge in [0, 0.05) is 18.1 Å². The number of aryl methyl sites for hydroxylation is 1. The summed E-state index contributed by atoms with van der Waals surface area (Å²) in [5.74, 6) is 1.69. The van der Waals surface area contributed by atoms with E-state index >= 15 is 0 Å². The van der Waals surface area contributed by atoms with Crippen molar-refractivity contribution in [3.05, 3.63) is 57.6 Å². The zero-order valence-corrected chi connectivity index (χ0v) is 17.9. The van der Waals surface area contributed by atoms with Crippen LogP contribution in [0.15, 0.2) is 36.4 Å². The molecule has 3 aromatic rings. The summed E-state index contributed by atoms with van der Waals surface area (Å²) in [5.41, 5.74) is 1.91. The number of aromatic nitrogens is 4. The minimum atomic E-state index is 0.358. The molecule has 1 N–H and O–H groups in total. The quantitative estimate of drug-likeness (QED) is 0.483. The average molecular weight is 436 g/mol. The van der Waals surface area contributed by atoms with Crippen molar-refractivity contribution in [3.63, 3.8) is 0 Å². The van der Waals surface area contributed by atoms with E-state index < -0.39 is 0 Å². The zero-order valence-electron chi connectivity index (χ0n) is 16.4. The van der Waals surface area contributed by atoms with E-state index in [1.54, 1.807) is 11.8 Å². The van der Waals surface area contributed by atoms with E-state index in [1.165, 1.54) is 0 Å². The summed E-state index contributed by atoms with van der Waals surface area (Å²) in [6.45, 7) is 3.76. The molecule has 0 saturated heterocycles. The van der Waals surface area contributed by atoms with E-state index in [2.05, 4.69) is 27.8 Å². The largest absolute Gasteiger partial charge is 0.493 e. The van der Waals surface area contributed by atoms with Crippen LogP contribution in [-0.4, -0.2) is 27.3 Å². The molecule has 0 spiro atoms. The molecule has 3 rings (SSSR count). The van der Waals surface area contributed by atoms with Gasteiger partial charge in [0.15, 0.2) is 11.5 Å². The second-order valence-electron chi connectivity index (χ2n) is 6.46. The maximum absolute atomic E-state index is 6.47. The fourth-order valence-corrected chi connectivity index (χ4v) is 3.14. The van der Waals surface area contributed by atoms with Crippen molar-refractivity contribution in [2.45, 2.75) is 39.5 Å². The van der Waals surface area contributed by atoms with E-state index in [9.17, 15) is 0 Å². The molecule has 0 atom stereocenters. The molecular weight excluding hydrogens is 413 g/mol. The monoisotopic (exact) mass is 435 g/mol. The molecule has 0 aliphatic carbocycles. The van der Waals surface area contributed by atoms with Crippen molar-refractivity contribution in [1.82, 2.24) is 20.2 Å². The number of halogens is 2. The molecule has 0 bridgehead atoms. The highest BCUT2D eigenvalue weighted by Gasteiger charge is 2.13. The standard InChI is InChI=1S/C20H23Cl2N5O2/c1-3-4-9-27-20(24-25-26-27)23-12-15-10-17(22)19(18(11-15)28-2)29-13-14-5-7-16(21)8-6-14/h5-8,10-11H,3-4,9,12-13H2,1-2H3,(H,23,24,26). The molecular formula is C20H23Cl2N5O2. The lowest BCUT2D eigenvalue weighted by Gasteiger charge is -2.15. The van der Waals surface area contributed by atoms with Gasteiger partial charge in [-0.1, -0.05) is 53.8 Å². The Kier molecular flexibility index (Phi) is 7.55. The summed E-state index contributed by atoms with van der Waals surface area (Å²) in [4.78, 5) is 0. The minimum Gasteiger partial charge on any atom is -0.493 e. The van der Waals surface area contributed by atoms with E-state index in [1.807, 2.05) is 36.4 Å². The molecule has 2 aromatic carbocycles. The van der Waals surface area contributed by atoms with Gasteiger partial charge in [0.05, 0.1) is 12.1 Å². The van der Waals surface area contributed by atoms with Crippen molar-refractivity contribution in [1.29, 1.82) is 0 Å². The van der Waals surface area contributed by atoms with Gasteiger partial charge in [-0.2, -0.15) is 0 Å². The molecule has 0 saturated carbocycles. The number of tetrazole rings is 1. The Balaban J connectivity index is 1.67. The third-order valence-corrected chi connectivity index (χ3v) is 4.82. The Morgan fingerprint density at radius 1 is 1.10 bits per heavy atom. The topological polar surface area (TPSA) is 74.1 Å². The SMILES string of the molecule is CCCCn1nnnc1NCc1cc(Cl)c(OCc2ccc(Cl)cc2)c(OC)c1. The van der Waals surface area contributed by atoms with Crippen LogP contribution in [0.5, 0.6) is 11.5 Å². The Morgan fingerprint density at radius 2 is 1.90 bits per heavy atom. The van der Waals surface area contributed by atoms with E-state index in [4.69, 9.17) is 32.7 Å². The smallest absolute Gasteiger partial charge is 0.243 e. The summed E-state index contributed by atoms with van der Waals surface area (Å²) >= 11 is 12.4. The lowest BCUT2D eigenvalue weighted by atomic mass is 10.2. The Hall–Kier alpha value is -2.51. The van der Waals surface area contributed by atoms with Crippen LogP contribution in [0, 0.1) is 0 Å². The highest BCUT2D eigenvalue weighted by molar-refractivity contribution is 6.32. The molecule has 1 heterocycles. The number of anilines is 1. The van der Waals surface area contributed by atoms with Crippen LogP contribution in [0.4, 0.5) is 5.95 Å². The maximum atomic E-state index is 6.47. The Bertz CT molecular complexity index is 931. The normalized spacial score (nSPS) is 10.8. The van der Waals surface area contributed by atoms with Gasteiger partial charge < -0.3 is 14.8 Å². The second-order valence-corrected chi connectivity index (χ2v) is 7.30. The molecule has 0 radical (unpaired) electrons. The molecule has 0 aliphatic heterocycles. The third kappa shape index (κ3) is 5.74. The van der Waals surface area contributed by atoms with Crippen LogP contribution >= 0.6 is 23.2 Å². The molecule has 0 amide bonds. The number of unbranched alkanes of at least 4 members (excludes halogenated alkanes) is 1. The number of rotatable bonds is 10. The lowest BCUT2D eigenvalue weighted by molar-refractivity contribution is 0.284. The second kappa shape index (κ2) is 10.3. The first kappa shape index (κ1) is 21.2. The third-order valence-electron chi connectivity index (χ3n) is 4.29. The summed E-state index contributed by atoms with van der Waals surface area (Å²) in [6, 6.07) is 11.2. The molecule has 154 valence electrons. The van der Waals surface area contributed by atoms with Gasteiger partial charge in [-0.25, -0.2) is 4.68 Å². The number of benzene rings is 2. The van der Waals surface area contributed by atoms with Crippen molar-refractivity contribution in [2.75, 3.05) is 12.4 Å². The van der Waals surface area contributed by atoms with Crippen LogP contribution in [0.2, 0.25) is 10.0 Å². The fourth-order valence-electron chi connectivity index (χ4n) is 2.72. The number of nitrogens with one attached hydrogen (secondary N) is 1. The average Bonchev–Trinajstić information content (AvgIpc) is 3.18. The number of nitrogens with zero attached hydrogens (tertiary/aromatic N) is 4. The van der Waals surface area contributed by atoms with Gasteiger partial charge in [0.25, 0.3) is 0 Å². The van der Waals surface area contributed by atoms with E-state index in [0.717, 1.165) is 30.5 Å². The summed E-state index contributed by atoms with van der Waals surface area (Å²) in [5, 5.41) is 16.2. The van der Waals surface area contributed by atoms with Crippen molar-refractivity contribution < 1.29 is 9.47 Å². The van der Waals surface area contributed by atoms with Crippen molar-refractivity contribution >= 4 is 29.2 Å². The van der Waals surface area contributed by atoms with Crippen LogP contribution in [-0.2, 0) is 19.7 Å². The van der Waals surface area contributed by atoms with Crippen molar-refractivity contribution in [3.8, 4) is 11.5 Å². The van der Waals surface area contributed by atoms with Gasteiger partial charge in [0.1, 0.15) is 6.61 Å². The summed E-state index contributed by atoms with van der Waals surface area (Å²) < 4.78 is 13.1. The van der Waals surface area contributed by atoms with Gasteiger partial charge in [-0.05, 0) is 52.2 Å². The molecule has 9 heteroatoms. The van der Waals surface area contributed by atoms with E-state index in [0.29, 0.717) is 40.6 Å². The van der Waals surface area contributed by atoms with Crippen LogP contribution < -0.4 is 14.8 Å². The molecule has 7 nitrogen and oxygen atoms in total. The van der Waals surface area contributed by atoms with E-state index in [-0.39, 0.29) is 0 Å². The Morgan fingerprint density at radius 3 is 2.62 bits per heavy atom. The van der Waals surface area contributed by atoms with Crippen LogP contribution in [0.3, 0.4) is 0 Å². The Labute approximate surface area is 179 Å². The molecule has 0 unspecified atom stereocenters. The number of ether oxygens (including phenoxy) is 2. The highest BCUT2D eigenvalue weighted by Crippen LogP contribution is 2.37. The van der Waals surface area contributed by atoms with Crippen molar-refractivity contribution in [2.24, 2.45) is 0 Å². The van der Waals surface area contributed by atoms with Crippen LogP contribution in [0.1, 0.15) is 30.9 Å². The lowest BCUT2D eigenvalue weighted by Crippen LogP contribution is -2.09. The first-order valence-electron chi connectivity index (χ1n) is 9.34. The molecule has 1 aromatic heterocycles. The first-order valence-corrected chi connectivity index (χ1v) is 10.1. The van der Waals surface area contributed by atoms with Gasteiger partial charge in [-0.15, -0.1) is 0 Å². The van der Waals surface area contributed by atoms with Crippen LogP contribution in [0.25, 0.3) is 0 Å². The highest BCUT2D eigenvalue weighted by atomic mass is 35.5. The maximum Gasteiger partial charge on any atom is 0.243 e. The molecule has 29 heavy (non-hydrogen) atoms. The fraction of sp³-hybridized carbons (Fsp3) is 0.350. The number of methoxy groups -OCH3 is 1. The number of hydrogen-bond acceptors (Lipinski definition) is 6. The van der Waals surface area contributed by atoms with Gasteiger partial charge in [0.2, 0.25) is 5.95 Å². The minimum absolute atomic E-state index is 0.358.